The maximum Gasteiger partial charge on any atom is 0.0926 e. The van der Waals surface area contributed by atoms with Gasteiger partial charge in [0.2, 0.25) is 0 Å². The van der Waals surface area contributed by atoms with E-state index in [0.29, 0.717) is 0 Å². The smallest absolute Gasteiger partial charge is 0.0926 e. The van der Waals surface area contributed by atoms with E-state index in [2.05, 4.69) is 35.2 Å². The number of hydrogen-bond donors (Lipinski definition) is 1. The molecule has 1 heterocycles. The molecular formula is C12H18N2O. The van der Waals surface area contributed by atoms with Crippen LogP contribution in [0.3, 0.4) is 0 Å². The summed E-state index contributed by atoms with van der Waals surface area (Å²) in [7, 11) is 0. The average Bonchev–Trinajstić information content (AvgIpc) is 2.76. The molecule has 0 radical (unpaired) electrons. The Balaban J connectivity index is 1.75. The van der Waals surface area contributed by atoms with E-state index in [4.69, 9.17) is 10.7 Å². The molecule has 1 atom stereocenters. The van der Waals surface area contributed by atoms with Gasteiger partial charge in [0.1, 0.15) is 0 Å². The summed E-state index contributed by atoms with van der Waals surface area (Å²) in [5, 5.41) is 0. The lowest BCUT2D eigenvalue weighted by Gasteiger charge is -2.14. The summed E-state index contributed by atoms with van der Waals surface area (Å²) in [5.41, 5.74) is 1.40. The van der Waals surface area contributed by atoms with Gasteiger partial charge in [-0.1, -0.05) is 30.3 Å². The Morgan fingerprint density at radius 1 is 1.33 bits per heavy atom. The number of nitrogens with zero attached hydrogens (tertiary/aromatic N) is 1. The lowest BCUT2D eigenvalue weighted by Crippen LogP contribution is -2.26. The maximum absolute atomic E-state index is 5.18. The Morgan fingerprint density at radius 2 is 2.13 bits per heavy atom. The molecule has 0 aromatic heterocycles. The molecule has 15 heavy (non-hydrogen) atoms. The van der Waals surface area contributed by atoms with Crippen molar-refractivity contribution in [1.29, 1.82) is 0 Å². The van der Waals surface area contributed by atoms with Crippen LogP contribution >= 0.6 is 0 Å². The van der Waals surface area contributed by atoms with Gasteiger partial charge in [0.05, 0.1) is 6.10 Å². The fourth-order valence-corrected chi connectivity index (χ4v) is 2.04. The minimum absolute atomic E-state index is 0.237. The summed E-state index contributed by atoms with van der Waals surface area (Å²) in [4.78, 5) is 7.26. The van der Waals surface area contributed by atoms with Crippen LogP contribution in [0.15, 0.2) is 30.3 Å². The van der Waals surface area contributed by atoms with Crippen molar-refractivity contribution in [1.82, 2.24) is 4.90 Å². The van der Waals surface area contributed by atoms with Gasteiger partial charge in [-0.2, -0.15) is 0 Å². The van der Waals surface area contributed by atoms with Gasteiger partial charge in [-0.15, -0.1) is 0 Å². The predicted molar refractivity (Wildman–Crippen MR) is 60.3 cm³/mol. The Hall–Kier alpha value is -0.900. The second kappa shape index (κ2) is 5.26. The highest BCUT2D eigenvalue weighted by atomic mass is 16.6. The number of rotatable bonds is 4. The lowest BCUT2D eigenvalue weighted by atomic mass is 10.1. The van der Waals surface area contributed by atoms with Gasteiger partial charge in [-0.05, 0) is 18.4 Å². The number of nitrogens with two attached hydrogens (primary N) is 1. The molecule has 0 amide bonds. The first kappa shape index (κ1) is 10.6. The highest BCUT2D eigenvalue weighted by Crippen LogP contribution is 2.11. The van der Waals surface area contributed by atoms with Crippen molar-refractivity contribution in [3.8, 4) is 0 Å². The summed E-state index contributed by atoms with van der Waals surface area (Å²) >= 11 is 0. The highest BCUT2D eigenvalue weighted by Gasteiger charge is 2.21. The van der Waals surface area contributed by atoms with E-state index in [-0.39, 0.29) is 6.10 Å². The van der Waals surface area contributed by atoms with Crippen LogP contribution < -0.4 is 5.90 Å². The van der Waals surface area contributed by atoms with Gasteiger partial charge in [0.25, 0.3) is 0 Å². The summed E-state index contributed by atoms with van der Waals surface area (Å²) < 4.78 is 0. The molecule has 0 bridgehead atoms. The van der Waals surface area contributed by atoms with E-state index in [0.717, 1.165) is 32.5 Å². The third-order valence-electron chi connectivity index (χ3n) is 2.98. The number of likely N-dealkylation sites (tertiary alicyclic amines) is 1. The topological polar surface area (TPSA) is 38.5 Å². The molecule has 1 unspecified atom stereocenters. The van der Waals surface area contributed by atoms with Crippen molar-refractivity contribution in [3.05, 3.63) is 35.9 Å². The summed E-state index contributed by atoms with van der Waals surface area (Å²) in [6.07, 6.45) is 2.41. The highest BCUT2D eigenvalue weighted by molar-refractivity contribution is 5.14. The van der Waals surface area contributed by atoms with Gasteiger partial charge >= 0.3 is 0 Å². The Labute approximate surface area is 90.8 Å². The molecule has 1 aromatic carbocycles. The molecule has 2 N–H and O–H groups in total. The molecule has 3 nitrogen and oxygen atoms in total. The van der Waals surface area contributed by atoms with Gasteiger partial charge in [0.15, 0.2) is 0 Å². The van der Waals surface area contributed by atoms with Crippen LogP contribution in [0.2, 0.25) is 0 Å². The number of hydrogen-bond acceptors (Lipinski definition) is 3. The SMILES string of the molecule is NOC1CCN(CCc2ccccc2)C1. The van der Waals surface area contributed by atoms with Crippen molar-refractivity contribution in [2.24, 2.45) is 5.90 Å². The van der Waals surface area contributed by atoms with E-state index in [1.165, 1.54) is 5.56 Å². The molecule has 2 rings (SSSR count). The number of benzene rings is 1. The van der Waals surface area contributed by atoms with E-state index in [9.17, 15) is 0 Å². The molecule has 0 aliphatic carbocycles. The Bertz CT molecular complexity index is 289. The van der Waals surface area contributed by atoms with Crippen LogP contribution in [0.1, 0.15) is 12.0 Å². The second-order valence-corrected chi connectivity index (χ2v) is 4.08. The van der Waals surface area contributed by atoms with Crippen LogP contribution in [-0.4, -0.2) is 30.6 Å². The molecule has 1 aliphatic heterocycles. The van der Waals surface area contributed by atoms with Crippen LogP contribution in [0.4, 0.5) is 0 Å². The minimum Gasteiger partial charge on any atom is -0.300 e. The molecule has 1 aromatic rings. The zero-order valence-corrected chi connectivity index (χ0v) is 8.93. The van der Waals surface area contributed by atoms with E-state index < -0.39 is 0 Å². The van der Waals surface area contributed by atoms with Crippen LogP contribution in [-0.2, 0) is 11.3 Å². The minimum atomic E-state index is 0.237. The van der Waals surface area contributed by atoms with Gasteiger partial charge < -0.3 is 4.90 Å². The molecule has 1 fully saturated rings. The van der Waals surface area contributed by atoms with E-state index >= 15 is 0 Å². The first-order chi connectivity index (χ1) is 7.38. The van der Waals surface area contributed by atoms with Crippen molar-refractivity contribution in [3.63, 3.8) is 0 Å². The third kappa shape index (κ3) is 3.02. The zero-order valence-electron chi connectivity index (χ0n) is 8.93. The summed E-state index contributed by atoms with van der Waals surface area (Å²) in [6.45, 7) is 3.18. The molecular weight excluding hydrogens is 188 g/mol. The molecule has 82 valence electrons. The van der Waals surface area contributed by atoms with Crippen molar-refractivity contribution in [2.75, 3.05) is 19.6 Å². The Kier molecular flexibility index (Phi) is 3.72. The van der Waals surface area contributed by atoms with Crippen LogP contribution in [0, 0.1) is 0 Å². The van der Waals surface area contributed by atoms with Crippen molar-refractivity contribution >= 4 is 0 Å². The maximum atomic E-state index is 5.18. The van der Waals surface area contributed by atoms with E-state index in [1.54, 1.807) is 0 Å². The average molecular weight is 206 g/mol. The molecule has 0 saturated carbocycles. The van der Waals surface area contributed by atoms with Crippen LogP contribution in [0.5, 0.6) is 0 Å². The van der Waals surface area contributed by atoms with Crippen molar-refractivity contribution < 1.29 is 4.84 Å². The zero-order chi connectivity index (χ0) is 10.5. The predicted octanol–water partition coefficient (Wildman–Crippen LogP) is 1.19. The first-order valence-corrected chi connectivity index (χ1v) is 5.50. The second-order valence-electron chi connectivity index (χ2n) is 4.08. The lowest BCUT2D eigenvalue weighted by molar-refractivity contribution is 0.0596. The normalized spacial score (nSPS) is 22.1. The fraction of sp³-hybridized carbons (Fsp3) is 0.500. The third-order valence-corrected chi connectivity index (χ3v) is 2.98. The molecule has 3 heteroatoms. The van der Waals surface area contributed by atoms with Gasteiger partial charge in [-0.25, -0.2) is 5.90 Å². The monoisotopic (exact) mass is 206 g/mol. The Morgan fingerprint density at radius 3 is 2.80 bits per heavy atom. The van der Waals surface area contributed by atoms with Gasteiger partial charge in [0, 0.05) is 19.6 Å². The fourth-order valence-electron chi connectivity index (χ4n) is 2.04. The molecule has 1 saturated heterocycles. The quantitative estimate of drug-likeness (QED) is 0.752. The van der Waals surface area contributed by atoms with Crippen LogP contribution in [0.25, 0.3) is 0 Å². The standard InChI is InChI=1S/C12H18N2O/c13-15-12-7-9-14(10-12)8-6-11-4-2-1-3-5-11/h1-5,12H,6-10,13H2. The van der Waals surface area contributed by atoms with Gasteiger partial charge in [-0.3, -0.25) is 4.84 Å². The molecule has 1 aliphatic rings. The first-order valence-electron chi connectivity index (χ1n) is 5.50. The summed E-state index contributed by atoms with van der Waals surface area (Å²) in [6, 6.07) is 10.6. The molecule has 0 spiro atoms. The largest absolute Gasteiger partial charge is 0.300 e. The van der Waals surface area contributed by atoms with E-state index in [1.807, 2.05) is 0 Å². The summed E-state index contributed by atoms with van der Waals surface area (Å²) in [5.74, 6) is 5.18. The van der Waals surface area contributed by atoms with Crippen molar-refractivity contribution in [2.45, 2.75) is 18.9 Å².